The Labute approximate surface area is 139 Å². The maximum atomic E-state index is 13.4. The Morgan fingerprint density at radius 3 is 2.62 bits per heavy atom. The molecule has 0 aromatic heterocycles. The SMILES string of the molecule is Cc1ccc(F)c(O)c1CNCc1ccc(N2CCOC2=O)cc1. The van der Waals surface area contributed by atoms with Crippen LogP contribution in [0.25, 0.3) is 0 Å². The number of halogens is 1. The maximum absolute atomic E-state index is 13.4. The number of carbonyl (C=O) groups is 1. The van der Waals surface area contributed by atoms with Gasteiger partial charge in [0.2, 0.25) is 0 Å². The molecule has 1 saturated heterocycles. The van der Waals surface area contributed by atoms with Crippen LogP contribution in [0, 0.1) is 12.7 Å². The molecule has 126 valence electrons. The minimum absolute atomic E-state index is 0.301. The first kappa shape index (κ1) is 16.3. The summed E-state index contributed by atoms with van der Waals surface area (Å²) < 4.78 is 18.3. The van der Waals surface area contributed by atoms with Crippen molar-refractivity contribution in [2.24, 2.45) is 0 Å². The molecule has 2 aromatic rings. The van der Waals surface area contributed by atoms with Crippen LogP contribution < -0.4 is 10.2 Å². The summed E-state index contributed by atoms with van der Waals surface area (Å²) in [5, 5.41) is 13.0. The third-order valence-corrected chi connectivity index (χ3v) is 4.11. The zero-order chi connectivity index (χ0) is 17.1. The highest BCUT2D eigenvalue weighted by Gasteiger charge is 2.23. The summed E-state index contributed by atoms with van der Waals surface area (Å²) in [6, 6.07) is 10.5. The molecule has 0 unspecified atom stereocenters. The van der Waals surface area contributed by atoms with E-state index in [0.717, 1.165) is 16.8 Å². The zero-order valence-corrected chi connectivity index (χ0v) is 13.4. The smallest absolute Gasteiger partial charge is 0.414 e. The summed E-state index contributed by atoms with van der Waals surface area (Å²) in [5.74, 6) is -0.912. The molecular weight excluding hydrogens is 311 g/mol. The summed E-state index contributed by atoms with van der Waals surface area (Å²) in [6.07, 6.45) is -0.321. The molecule has 1 aliphatic heterocycles. The van der Waals surface area contributed by atoms with Gasteiger partial charge in [-0.25, -0.2) is 9.18 Å². The molecular formula is C18H19FN2O3. The van der Waals surface area contributed by atoms with Crippen molar-refractivity contribution in [2.45, 2.75) is 20.0 Å². The maximum Gasteiger partial charge on any atom is 0.414 e. The Bertz CT molecular complexity index is 747. The third-order valence-electron chi connectivity index (χ3n) is 4.11. The van der Waals surface area contributed by atoms with Gasteiger partial charge in [0.25, 0.3) is 0 Å². The second-order valence-electron chi connectivity index (χ2n) is 5.73. The molecule has 2 aromatic carbocycles. The summed E-state index contributed by atoms with van der Waals surface area (Å²) in [6.45, 7) is 3.75. The normalized spacial score (nSPS) is 14.1. The number of phenolic OH excluding ortho intramolecular Hbond substituents is 1. The molecule has 6 heteroatoms. The first-order valence-electron chi connectivity index (χ1n) is 7.77. The van der Waals surface area contributed by atoms with Crippen molar-refractivity contribution in [3.8, 4) is 5.75 Å². The molecule has 0 spiro atoms. The Morgan fingerprint density at radius 1 is 1.21 bits per heavy atom. The zero-order valence-electron chi connectivity index (χ0n) is 13.4. The van der Waals surface area contributed by atoms with E-state index in [2.05, 4.69) is 5.32 Å². The fourth-order valence-corrected chi connectivity index (χ4v) is 2.69. The minimum Gasteiger partial charge on any atom is -0.505 e. The molecule has 0 bridgehead atoms. The van der Waals surface area contributed by atoms with E-state index in [1.807, 2.05) is 31.2 Å². The quantitative estimate of drug-likeness (QED) is 0.884. The van der Waals surface area contributed by atoms with E-state index < -0.39 is 5.82 Å². The molecule has 1 amide bonds. The lowest BCUT2D eigenvalue weighted by molar-refractivity contribution is 0.181. The van der Waals surface area contributed by atoms with Crippen LogP contribution in [0.2, 0.25) is 0 Å². The lowest BCUT2D eigenvalue weighted by Gasteiger charge is -2.14. The topological polar surface area (TPSA) is 61.8 Å². The first-order valence-corrected chi connectivity index (χ1v) is 7.77. The fourth-order valence-electron chi connectivity index (χ4n) is 2.69. The molecule has 3 rings (SSSR count). The first-order chi connectivity index (χ1) is 11.6. The number of nitrogens with one attached hydrogen (secondary N) is 1. The summed E-state index contributed by atoms with van der Waals surface area (Å²) >= 11 is 0. The number of ether oxygens (including phenoxy) is 1. The number of amides is 1. The third kappa shape index (κ3) is 3.33. The van der Waals surface area contributed by atoms with Gasteiger partial charge in [-0.05, 0) is 36.2 Å². The van der Waals surface area contributed by atoms with Gasteiger partial charge in [0.15, 0.2) is 11.6 Å². The van der Waals surface area contributed by atoms with Gasteiger partial charge in [0, 0.05) is 24.3 Å². The number of hydrogen-bond acceptors (Lipinski definition) is 4. The summed E-state index contributed by atoms with van der Waals surface area (Å²) in [7, 11) is 0. The highest BCUT2D eigenvalue weighted by molar-refractivity contribution is 5.89. The van der Waals surface area contributed by atoms with E-state index in [1.165, 1.54) is 6.07 Å². The number of carbonyl (C=O) groups excluding carboxylic acids is 1. The second-order valence-corrected chi connectivity index (χ2v) is 5.73. The number of benzene rings is 2. The predicted octanol–water partition coefficient (Wildman–Crippen LogP) is 3.09. The Balaban J connectivity index is 1.60. The average molecular weight is 330 g/mol. The molecule has 0 atom stereocenters. The van der Waals surface area contributed by atoms with Crippen molar-refractivity contribution < 1.29 is 19.0 Å². The number of anilines is 1. The molecule has 1 fully saturated rings. The number of nitrogens with zero attached hydrogens (tertiary/aromatic N) is 1. The lowest BCUT2D eigenvalue weighted by atomic mass is 10.1. The largest absolute Gasteiger partial charge is 0.505 e. The Kier molecular flexibility index (Phi) is 4.66. The number of hydrogen-bond donors (Lipinski definition) is 2. The van der Waals surface area contributed by atoms with Crippen molar-refractivity contribution in [2.75, 3.05) is 18.1 Å². The van der Waals surface area contributed by atoms with Crippen LogP contribution in [-0.4, -0.2) is 24.4 Å². The van der Waals surface area contributed by atoms with Crippen LogP contribution in [0.15, 0.2) is 36.4 Å². The number of cyclic esters (lactones) is 1. The van der Waals surface area contributed by atoms with Crippen molar-refractivity contribution >= 4 is 11.8 Å². The van der Waals surface area contributed by atoms with Gasteiger partial charge < -0.3 is 15.2 Å². The van der Waals surface area contributed by atoms with Crippen molar-refractivity contribution in [3.63, 3.8) is 0 Å². The lowest BCUT2D eigenvalue weighted by Crippen LogP contribution is -2.23. The van der Waals surface area contributed by atoms with Crippen molar-refractivity contribution in [3.05, 3.63) is 58.9 Å². The fraction of sp³-hybridized carbons (Fsp3) is 0.278. The highest BCUT2D eigenvalue weighted by atomic mass is 19.1. The Morgan fingerprint density at radius 2 is 1.96 bits per heavy atom. The van der Waals surface area contributed by atoms with Gasteiger partial charge >= 0.3 is 6.09 Å². The molecule has 0 radical (unpaired) electrons. The molecule has 5 nitrogen and oxygen atoms in total. The van der Waals surface area contributed by atoms with E-state index in [-0.39, 0.29) is 11.8 Å². The monoisotopic (exact) mass is 330 g/mol. The van der Waals surface area contributed by atoms with E-state index in [9.17, 15) is 14.3 Å². The van der Waals surface area contributed by atoms with Crippen LogP contribution >= 0.6 is 0 Å². The number of aromatic hydroxyl groups is 1. The second kappa shape index (κ2) is 6.88. The minimum atomic E-state index is -0.612. The molecule has 0 saturated carbocycles. The van der Waals surface area contributed by atoms with E-state index in [4.69, 9.17) is 4.74 Å². The van der Waals surface area contributed by atoms with E-state index in [1.54, 1.807) is 11.0 Å². The van der Waals surface area contributed by atoms with Crippen LogP contribution in [0.1, 0.15) is 16.7 Å². The van der Waals surface area contributed by atoms with Crippen LogP contribution in [0.5, 0.6) is 5.75 Å². The van der Waals surface area contributed by atoms with Gasteiger partial charge in [0.05, 0.1) is 6.54 Å². The molecule has 24 heavy (non-hydrogen) atoms. The summed E-state index contributed by atoms with van der Waals surface area (Å²) in [5.41, 5.74) is 3.23. The molecule has 1 aliphatic rings. The van der Waals surface area contributed by atoms with Gasteiger partial charge in [-0.15, -0.1) is 0 Å². The molecule has 0 aliphatic carbocycles. The number of phenols is 1. The Hall–Kier alpha value is -2.60. The average Bonchev–Trinajstić information content (AvgIpc) is 3.01. The van der Waals surface area contributed by atoms with Crippen LogP contribution in [0.3, 0.4) is 0 Å². The van der Waals surface area contributed by atoms with Gasteiger partial charge in [-0.1, -0.05) is 18.2 Å². The van der Waals surface area contributed by atoms with Crippen LogP contribution in [-0.2, 0) is 17.8 Å². The molecule has 1 heterocycles. The van der Waals surface area contributed by atoms with Crippen molar-refractivity contribution in [1.29, 1.82) is 0 Å². The molecule has 2 N–H and O–H groups in total. The number of aryl methyl sites for hydroxylation is 1. The van der Waals surface area contributed by atoms with E-state index in [0.29, 0.717) is 31.8 Å². The van der Waals surface area contributed by atoms with Crippen molar-refractivity contribution in [1.82, 2.24) is 5.32 Å². The highest BCUT2D eigenvalue weighted by Crippen LogP contribution is 2.24. The number of rotatable bonds is 5. The standard InChI is InChI=1S/C18H19FN2O3/c1-12-2-7-16(19)17(22)15(12)11-20-10-13-3-5-14(6-4-13)21-8-9-24-18(21)23/h2-7,20,22H,8-11H2,1H3. The summed E-state index contributed by atoms with van der Waals surface area (Å²) in [4.78, 5) is 13.1. The predicted molar refractivity (Wildman–Crippen MR) is 88.5 cm³/mol. The van der Waals surface area contributed by atoms with Gasteiger partial charge in [0.1, 0.15) is 6.61 Å². The van der Waals surface area contributed by atoms with E-state index >= 15 is 0 Å². The van der Waals surface area contributed by atoms with Crippen LogP contribution in [0.4, 0.5) is 14.9 Å². The van der Waals surface area contributed by atoms with Gasteiger partial charge in [-0.2, -0.15) is 0 Å². The van der Waals surface area contributed by atoms with Gasteiger partial charge in [-0.3, -0.25) is 4.90 Å².